The van der Waals surface area contributed by atoms with Gasteiger partial charge in [-0.25, -0.2) is 15.0 Å². The van der Waals surface area contributed by atoms with Crippen molar-refractivity contribution in [2.24, 2.45) is 0 Å². The van der Waals surface area contributed by atoms with E-state index in [9.17, 15) is 9.59 Å². The van der Waals surface area contributed by atoms with E-state index in [1.54, 1.807) is 30.3 Å². The molecule has 680 valence electrons. The number of benzene rings is 19. The Morgan fingerprint density at radius 1 is 0.345 bits per heavy atom. The molecule has 0 atom stereocenters. The van der Waals surface area contributed by atoms with Gasteiger partial charge in [0.15, 0.2) is 6.29 Å². The van der Waals surface area contributed by atoms with Gasteiger partial charge in [0.1, 0.15) is 23.4 Å². The first kappa shape index (κ1) is 94.3. The van der Waals surface area contributed by atoms with Crippen LogP contribution in [0.3, 0.4) is 0 Å². The van der Waals surface area contributed by atoms with Gasteiger partial charge in [-0.1, -0.05) is 275 Å². The highest BCUT2D eigenvalue weighted by Gasteiger charge is 2.52. The van der Waals surface area contributed by atoms with Gasteiger partial charge >= 0.3 is 14.2 Å². The molecule has 25 rings (SSSR count). The van der Waals surface area contributed by atoms with E-state index >= 15 is 0 Å². The number of rotatable bonds is 7. The second-order valence-corrected chi connectivity index (χ2v) is 38.4. The van der Waals surface area contributed by atoms with Gasteiger partial charge in [0.2, 0.25) is 0 Å². The van der Waals surface area contributed by atoms with Crippen LogP contribution in [0.25, 0.3) is 175 Å². The molecule has 6 heterocycles. The zero-order valence-electron chi connectivity index (χ0n) is 75.0. The molecule has 0 unspecified atom stereocenters. The van der Waals surface area contributed by atoms with Crippen LogP contribution in [0.2, 0.25) is 35.2 Å². The summed E-state index contributed by atoms with van der Waals surface area (Å²) in [6.07, 6.45) is 1.36. The smallest absolute Gasteiger partial charge is 0.423 e. The minimum atomic E-state index is -1.66. The fourth-order valence-corrected chi connectivity index (χ4v) is 19.3. The number of carbonyl (C=O) groups excluding carboxylic acids is 2. The molecule has 1 fully saturated rings. The van der Waals surface area contributed by atoms with Crippen molar-refractivity contribution < 1.29 is 28.9 Å². The number of fused-ring (bicyclic) bond motifs is 22. The summed E-state index contributed by atoms with van der Waals surface area (Å²) in [5, 5.41) is 40.6. The van der Waals surface area contributed by atoms with Crippen LogP contribution < -0.4 is 22.4 Å². The summed E-state index contributed by atoms with van der Waals surface area (Å²) in [6, 6.07) is 122. The minimum absolute atomic E-state index is 0.123. The number of hydrogen-bond acceptors (Lipinski definition) is 11. The summed E-state index contributed by atoms with van der Waals surface area (Å²) in [7, 11) is -2.07. The SMILES string of the molecule is CC1(C)OB(c2ccc3c(c2)c2cc4ccccc4cc2n2c4ccccc4nc32)OC1(C)C.Clc1cc2ccccc2cc1Br.Clc1ccc(-c2nc3ccccc3[nH]2)c(-c2cc3ccccc3cc2Cl)c1.Clc1ccc2c(c1)c1cc3ccccc3cc1n1c3ccccc3nc21.Nc1ccccc1N.O=Cc1ccc(Cl)cc1-c1cc2ccccc2cc1Cl.O=Cc1ccc(Cl)cc1B(O)O. The Morgan fingerprint density at radius 2 is 0.727 bits per heavy atom. The number of H-pyrrole nitrogens is 1. The van der Waals surface area contributed by atoms with Crippen LogP contribution in [0.1, 0.15) is 48.4 Å². The number of pyridine rings is 2. The number of aldehydes is 2. The third-order valence-electron chi connectivity index (χ3n) is 25.2. The van der Waals surface area contributed by atoms with Crippen LogP contribution >= 0.6 is 97.1 Å². The van der Waals surface area contributed by atoms with Crippen molar-refractivity contribution in [3.05, 3.63) is 421 Å². The van der Waals surface area contributed by atoms with Gasteiger partial charge in [0.25, 0.3) is 0 Å². The van der Waals surface area contributed by atoms with Crippen LogP contribution in [0.4, 0.5) is 11.4 Å². The molecule has 5 aromatic heterocycles. The largest absolute Gasteiger partial charge is 0.494 e. The van der Waals surface area contributed by atoms with E-state index in [2.05, 4.69) is 215 Å². The molecule has 7 N–H and O–H groups in total. The van der Waals surface area contributed by atoms with E-state index in [0.717, 1.165) is 158 Å². The molecule has 24 heteroatoms. The highest BCUT2D eigenvalue weighted by atomic mass is 79.9. The quantitative estimate of drug-likeness (QED) is 0.0333. The van der Waals surface area contributed by atoms with Crippen molar-refractivity contribution in [2.45, 2.75) is 38.9 Å². The van der Waals surface area contributed by atoms with Crippen LogP contribution in [-0.2, 0) is 9.31 Å². The standard InChI is InChI=1S/C29H25BN2O2.C23H14Cl2N2.C23H13ClN2.C17H10Cl2O.C10H6BrCl.C7H6BClO3.C6H8N2/c1-28(2)29(3,4)34-30(33-28)20-13-14-21-22(17-20)23-15-18-9-5-6-10-19(18)16-26(23)32-25-12-8-7-11-24(25)31-27(21)32;24-16-9-10-17(23-26-21-7-3-4-8-22(21)27-23)18(13-16)19-11-14-5-1-2-6-15(14)12-20(19)25;24-16-9-10-17-18(13-16)19-11-14-5-1-2-6-15(14)12-22(19)26-21-8-4-3-7-20(21)25-23(17)26;18-14-6-5-13(10-20)15(9-14)16-7-11-3-1-2-4-12(11)8-17(16)19;11-9-5-7-3-1-2-4-8(7)6-10(9)12;9-6-2-1-5(4-10)7(3-6)8(11)12;7-5-3-1-2-4-6(5)8/h5-17H,1-4H3;1-13H,(H,26,27);1-13H;1-10H;1-6H;1-4,11-12H;1-4H,7-8H2. The van der Waals surface area contributed by atoms with Crippen molar-refractivity contribution in [1.82, 2.24) is 28.7 Å². The Kier molecular flexibility index (Phi) is 27.2. The molecular weight excluding hydrogens is 1940 g/mol. The zero-order chi connectivity index (χ0) is 96.7. The van der Waals surface area contributed by atoms with Gasteiger partial charge in [-0.15, -0.1) is 0 Å². The topological polar surface area (TPSA) is 208 Å². The molecule has 1 aliphatic rings. The molecular formula is C115H82B2BrCl7N8O6. The molecule has 0 amide bonds. The van der Waals surface area contributed by atoms with Crippen molar-refractivity contribution in [2.75, 3.05) is 11.5 Å². The summed E-state index contributed by atoms with van der Waals surface area (Å²) in [4.78, 5) is 39.7. The summed E-state index contributed by atoms with van der Waals surface area (Å²) in [5.41, 5.74) is 28.1. The number of imidazole rings is 3. The number of nitrogens with zero attached hydrogens (tertiary/aromatic N) is 5. The second kappa shape index (κ2) is 40.0. The van der Waals surface area contributed by atoms with E-state index in [0.29, 0.717) is 48.3 Å². The minimum Gasteiger partial charge on any atom is -0.423 e. The average molecular weight is 2020 g/mol. The normalized spacial score (nSPS) is 12.5. The lowest BCUT2D eigenvalue weighted by molar-refractivity contribution is 0.00578. The highest BCUT2D eigenvalue weighted by Crippen LogP contribution is 2.44. The lowest BCUT2D eigenvalue weighted by Gasteiger charge is -2.32. The third kappa shape index (κ3) is 19.4. The number of nitrogens with one attached hydrogen (secondary N) is 1. The molecule has 0 saturated carbocycles. The molecule has 19 aromatic carbocycles. The Labute approximate surface area is 843 Å². The number of hydrogen-bond donors (Lipinski definition) is 5. The summed E-state index contributed by atoms with van der Waals surface area (Å²) in [5.74, 6) is 0.798. The van der Waals surface area contributed by atoms with Gasteiger partial charge in [-0.3, -0.25) is 18.4 Å². The summed E-state index contributed by atoms with van der Waals surface area (Å²) < 4.78 is 18.3. The molecule has 0 bridgehead atoms. The molecule has 1 aliphatic heterocycles. The van der Waals surface area contributed by atoms with Crippen molar-refractivity contribution in [3.8, 4) is 33.6 Å². The van der Waals surface area contributed by atoms with Gasteiger partial charge < -0.3 is 35.8 Å². The molecule has 0 radical (unpaired) electrons. The maximum atomic E-state index is 11.2. The van der Waals surface area contributed by atoms with Gasteiger partial charge in [-0.05, 0) is 306 Å². The Morgan fingerprint density at radius 3 is 1.22 bits per heavy atom. The molecule has 139 heavy (non-hydrogen) atoms. The Balaban J connectivity index is 0.000000108. The van der Waals surface area contributed by atoms with Crippen molar-refractivity contribution in [3.63, 3.8) is 0 Å². The Bertz CT molecular complexity index is 8860. The zero-order valence-corrected chi connectivity index (χ0v) is 81.8. The van der Waals surface area contributed by atoms with Crippen LogP contribution in [0.15, 0.2) is 375 Å². The van der Waals surface area contributed by atoms with E-state index in [4.69, 9.17) is 127 Å². The van der Waals surface area contributed by atoms with E-state index in [-0.39, 0.29) is 22.2 Å². The maximum Gasteiger partial charge on any atom is 0.494 e. The highest BCUT2D eigenvalue weighted by molar-refractivity contribution is 9.10. The van der Waals surface area contributed by atoms with Gasteiger partial charge in [-0.2, -0.15) is 0 Å². The fraction of sp³-hybridized carbons (Fsp3) is 0.0522. The summed E-state index contributed by atoms with van der Waals surface area (Å²) in [6.45, 7) is 8.37. The molecule has 0 aliphatic carbocycles. The number of carbonyl (C=O) groups is 2. The van der Waals surface area contributed by atoms with Crippen molar-refractivity contribution >= 4 is 288 Å². The van der Waals surface area contributed by atoms with E-state index in [1.165, 1.54) is 61.3 Å². The molecule has 24 aromatic rings. The van der Waals surface area contributed by atoms with E-state index in [1.807, 2.05) is 164 Å². The lowest BCUT2D eigenvalue weighted by atomic mass is 9.77. The fourth-order valence-electron chi connectivity index (χ4n) is 17.5. The molecule has 1 saturated heterocycles. The number of aromatic nitrogens is 6. The number of para-hydroxylation sites is 8. The maximum absolute atomic E-state index is 11.2. The summed E-state index contributed by atoms with van der Waals surface area (Å²) >= 11 is 46.6. The van der Waals surface area contributed by atoms with Gasteiger partial charge in [0.05, 0.1) is 71.7 Å². The lowest BCUT2D eigenvalue weighted by Crippen LogP contribution is -2.41. The first-order valence-corrected chi connectivity index (χ1v) is 47.9. The predicted molar refractivity (Wildman–Crippen MR) is 589 cm³/mol. The van der Waals surface area contributed by atoms with Gasteiger partial charge in [0, 0.05) is 84.0 Å². The number of nitrogen functional groups attached to an aromatic ring is 2. The number of nitrogens with two attached hydrogens (primary N) is 2. The number of halogens is 8. The first-order valence-electron chi connectivity index (χ1n) is 44.5. The predicted octanol–water partition coefficient (Wildman–Crippen LogP) is 30.8. The van der Waals surface area contributed by atoms with Crippen molar-refractivity contribution in [1.29, 1.82) is 0 Å². The number of anilines is 2. The first-order chi connectivity index (χ1) is 67.2. The monoisotopic (exact) mass is 2020 g/mol. The molecule has 0 spiro atoms. The average Bonchev–Trinajstić information content (AvgIpc) is 1.51. The van der Waals surface area contributed by atoms with Crippen LogP contribution in [0.5, 0.6) is 0 Å². The number of aromatic amines is 1. The Hall–Kier alpha value is -13.7. The van der Waals surface area contributed by atoms with Crippen LogP contribution in [0, 0.1) is 0 Å². The van der Waals surface area contributed by atoms with E-state index < -0.39 is 14.2 Å². The second-order valence-electron chi connectivity index (χ2n) is 34.5. The van der Waals surface area contributed by atoms with Crippen LogP contribution in [-0.4, -0.2) is 76.8 Å². The molecule has 14 nitrogen and oxygen atoms in total. The third-order valence-corrected chi connectivity index (χ3v) is 28.0.